The fourth-order valence-corrected chi connectivity index (χ4v) is 4.72. The van der Waals surface area contributed by atoms with Crippen molar-refractivity contribution in [1.29, 1.82) is 0 Å². The van der Waals surface area contributed by atoms with E-state index in [1.165, 1.54) is 0 Å². The maximum atomic E-state index is 13.3. The molecule has 3 aliphatic rings. The molecule has 2 aromatic heterocycles. The number of ether oxygens (including phenoxy) is 2. The number of pyridine rings is 1. The number of aryl methyl sites for hydroxylation is 2. The second-order valence-corrected chi connectivity index (χ2v) is 8.71. The lowest BCUT2D eigenvalue weighted by Crippen LogP contribution is -2.34. The average Bonchev–Trinajstić information content (AvgIpc) is 3.29. The van der Waals surface area contributed by atoms with Crippen LogP contribution in [0.1, 0.15) is 66.2 Å². The molecular formula is C23H24N4O3. The minimum absolute atomic E-state index is 0.158. The van der Waals surface area contributed by atoms with E-state index in [2.05, 4.69) is 10.4 Å². The van der Waals surface area contributed by atoms with Gasteiger partial charge in [0.05, 0.1) is 16.6 Å². The first-order chi connectivity index (χ1) is 14.5. The molecule has 1 N–H and O–H groups in total. The Bertz CT molecular complexity index is 1190. The highest BCUT2D eigenvalue weighted by molar-refractivity contribution is 6.12. The maximum Gasteiger partial charge on any atom is 0.256 e. The maximum absolute atomic E-state index is 13.3. The number of hydrogen-bond donors (Lipinski definition) is 1. The van der Waals surface area contributed by atoms with Gasteiger partial charge in [0.2, 0.25) is 0 Å². The molecule has 2 aliphatic carbocycles. The van der Waals surface area contributed by atoms with Crippen molar-refractivity contribution in [3.8, 4) is 11.5 Å². The third-order valence-electron chi connectivity index (χ3n) is 6.39. The van der Waals surface area contributed by atoms with Gasteiger partial charge in [-0.3, -0.25) is 9.48 Å². The first-order valence-corrected chi connectivity index (χ1v) is 10.7. The van der Waals surface area contributed by atoms with Crippen LogP contribution in [0.15, 0.2) is 24.3 Å². The Balaban J connectivity index is 1.33. The zero-order valence-corrected chi connectivity index (χ0v) is 17.2. The molecule has 1 amide bonds. The molecular weight excluding hydrogens is 380 g/mol. The molecule has 1 spiro atoms. The van der Waals surface area contributed by atoms with Gasteiger partial charge in [-0.1, -0.05) is 0 Å². The number of benzene rings is 1. The molecule has 30 heavy (non-hydrogen) atoms. The molecule has 1 aliphatic heterocycles. The molecule has 6 rings (SSSR count). The number of nitrogens with one attached hydrogen (secondary N) is 1. The number of fused-ring (bicyclic) bond motifs is 2. The van der Waals surface area contributed by atoms with E-state index in [4.69, 9.17) is 14.5 Å². The standard InChI is InChI=1S/C23H24N4O3/c1-13-20-16(12-17(14-5-6-14)25-21(20)27(2)26-13)22(28)24-15-7-8-18-19(11-15)30-23(29-18)9-3-4-10-23/h7-8,11-12,14H,3-6,9-10H2,1-2H3,(H,24,28). The number of aromatic nitrogens is 3. The number of amides is 1. The number of nitrogens with zero attached hydrogens (tertiary/aromatic N) is 3. The molecule has 3 aromatic rings. The molecule has 0 saturated heterocycles. The van der Waals surface area contributed by atoms with Gasteiger partial charge >= 0.3 is 0 Å². The van der Waals surface area contributed by atoms with Crippen LogP contribution >= 0.6 is 0 Å². The Morgan fingerprint density at radius 1 is 1.17 bits per heavy atom. The predicted molar refractivity (Wildman–Crippen MR) is 112 cm³/mol. The van der Waals surface area contributed by atoms with Crippen molar-refractivity contribution in [2.45, 2.75) is 57.2 Å². The summed E-state index contributed by atoms with van der Waals surface area (Å²) < 4.78 is 14.0. The van der Waals surface area contributed by atoms with Crippen LogP contribution in [0.25, 0.3) is 11.0 Å². The van der Waals surface area contributed by atoms with Gasteiger partial charge in [-0.2, -0.15) is 5.10 Å². The molecule has 1 aromatic carbocycles. The van der Waals surface area contributed by atoms with Gasteiger partial charge in [0, 0.05) is 43.3 Å². The van der Waals surface area contributed by atoms with Crippen LogP contribution in [0.4, 0.5) is 5.69 Å². The largest absolute Gasteiger partial charge is 0.448 e. The Morgan fingerprint density at radius 3 is 2.70 bits per heavy atom. The van der Waals surface area contributed by atoms with E-state index in [1.54, 1.807) is 4.68 Å². The van der Waals surface area contributed by atoms with Crippen LogP contribution in [0.2, 0.25) is 0 Å². The van der Waals surface area contributed by atoms with Crippen LogP contribution in [0, 0.1) is 6.92 Å². The molecule has 0 bridgehead atoms. The van der Waals surface area contributed by atoms with E-state index in [0.717, 1.165) is 66.7 Å². The molecule has 0 radical (unpaired) electrons. The minimum Gasteiger partial charge on any atom is -0.448 e. The van der Waals surface area contributed by atoms with Crippen molar-refractivity contribution in [1.82, 2.24) is 14.8 Å². The number of anilines is 1. The normalized spacial score (nSPS) is 19.0. The molecule has 0 unspecified atom stereocenters. The van der Waals surface area contributed by atoms with Crippen molar-refractivity contribution >= 4 is 22.6 Å². The second kappa shape index (κ2) is 6.20. The molecule has 0 atom stereocenters. The van der Waals surface area contributed by atoms with Crippen molar-refractivity contribution in [2.75, 3.05) is 5.32 Å². The Morgan fingerprint density at radius 2 is 1.93 bits per heavy atom. The molecule has 7 heteroatoms. The van der Waals surface area contributed by atoms with Crippen LogP contribution < -0.4 is 14.8 Å². The SMILES string of the molecule is Cc1nn(C)c2nc(C3CC3)cc(C(=O)Nc3ccc4c(c3)OC3(CCCC3)O4)c12. The Kier molecular flexibility index (Phi) is 3.67. The lowest BCUT2D eigenvalue weighted by Gasteiger charge is -2.21. The highest BCUT2D eigenvalue weighted by atomic mass is 16.7. The molecule has 3 heterocycles. The third kappa shape index (κ3) is 2.75. The molecule has 7 nitrogen and oxygen atoms in total. The van der Waals surface area contributed by atoms with E-state index in [9.17, 15) is 4.79 Å². The monoisotopic (exact) mass is 404 g/mol. The summed E-state index contributed by atoms with van der Waals surface area (Å²) >= 11 is 0. The highest BCUT2D eigenvalue weighted by Gasteiger charge is 2.44. The summed E-state index contributed by atoms with van der Waals surface area (Å²) in [5.41, 5.74) is 3.86. The third-order valence-corrected chi connectivity index (χ3v) is 6.39. The summed E-state index contributed by atoms with van der Waals surface area (Å²) in [4.78, 5) is 18.1. The second-order valence-electron chi connectivity index (χ2n) is 8.71. The van der Waals surface area contributed by atoms with Crippen LogP contribution in [-0.2, 0) is 7.05 Å². The number of carbonyl (C=O) groups is 1. The molecule has 154 valence electrons. The zero-order valence-electron chi connectivity index (χ0n) is 17.2. The van der Waals surface area contributed by atoms with E-state index in [0.29, 0.717) is 22.9 Å². The molecule has 2 saturated carbocycles. The summed E-state index contributed by atoms with van der Waals surface area (Å²) in [5.74, 6) is 1.24. The van der Waals surface area contributed by atoms with Crippen molar-refractivity contribution in [3.63, 3.8) is 0 Å². The first kappa shape index (κ1) is 17.7. The van der Waals surface area contributed by atoms with Crippen LogP contribution in [0.5, 0.6) is 11.5 Å². The van der Waals surface area contributed by atoms with Gasteiger partial charge in [-0.15, -0.1) is 0 Å². The zero-order chi connectivity index (χ0) is 20.5. The van der Waals surface area contributed by atoms with Gasteiger partial charge in [-0.05, 0) is 50.8 Å². The predicted octanol–water partition coefficient (Wildman–Crippen LogP) is 4.45. The number of rotatable bonds is 3. The lowest BCUT2D eigenvalue weighted by atomic mass is 10.1. The Labute approximate surface area is 174 Å². The van der Waals surface area contributed by atoms with Gasteiger partial charge in [0.25, 0.3) is 11.7 Å². The van der Waals surface area contributed by atoms with E-state index < -0.39 is 5.79 Å². The van der Waals surface area contributed by atoms with Crippen molar-refractivity contribution in [3.05, 3.63) is 41.2 Å². The summed E-state index contributed by atoms with van der Waals surface area (Å²) in [6, 6.07) is 7.54. The lowest BCUT2D eigenvalue weighted by molar-refractivity contribution is -0.0716. The van der Waals surface area contributed by atoms with Crippen molar-refractivity contribution < 1.29 is 14.3 Å². The summed E-state index contributed by atoms with van der Waals surface area (Å²) in [7, 11) is 1.87. The molecule has 2 fully saturated rings. The van der Waals surface area contributed by atoms with E-state index >= 15 is 0 Å². The fraction of sp³-hybridized carbons (Fsp3) is 0.435. The van der Waals surface area contributed by atoms with Crippen LogP contribution in [0.3, 0.4) is 0 Å². The number of carbonyl (C=O) groups excluding carboxylic acids is 1. The number of hydrogen-bond acceptors (Lipinski definition) is 5. The van der Waals surface area contributed by atoms with Gasteiger partial charge in [0.1, 0.15) is 0 Å². The highest BCUT2D eigenvalue weighted by Crippen LogP contribution is 2.47. The van der Waals surface area contributed by atoms with Gasteiger partial charge in [0.15, 0.2) is 17.1 Å². The summed E-state index contributed by atoms with van der Waals surface area (Å²) in [6.45, 7) is 1.92. The smallest absolute Gasteiger partial charge is 0.256 e. The summed E-state index contributed by atoms with van der Waals surface area (Å²) in [6.07, 6.45) is 6.29. The van der Waals surface area contributed by atoms with Gasteiger partial charge in [-0.25, -0.2) is 4.98 Å². The Hall–Kier alpha value is -3.09. The van der Waals surface area contributed by atoms with Crippen LogP contribution in [-0.4, -0.2) is 26.5 Å². The minimum atomic E-state index is -0.506. The average molecular weight is 404 g/mol. The van der Waals surface area contributed by atoms with E-state index in [1.807, 2.05) is 38.2 Å². The fourth-order valence-electron chi connectivity index (χ4n) is 4.72. The van der Waals surface area contributed by atoms with E-state index in [-0.39, 0.29) is 5.91 Å². The summed E-state index contributed by atoms with van der Waals surface area (Å²) in [5, 5.41) is 8.34. The first-order valence-electron chi connectivity index (χ1n) is 10.7. The quantitative estimate of drug-likeness (QED) is 0.698. The topological polar surface area (TPSA) is 78.3 Å². The van der Waals surface area contributed by atoms with Gasteiger partial charge < -0.3 is 14.8 Å². The van der Waals surface area contributed by atoms with Crippen molar-refractivity contribution in [2.24, 2.45) is 7.05 Å².